The molecule has 1 heteroatoms. The zero-order valence-corrected chi connectivity index (χ0v) is 29.0. The molecule has 246 valence electrons. The van der Waals surface area contributed by atoms with Crippen molar-refractivity contribution in [2.75, 3.05) is 0 Å². The largest absolute Gasteiger partial charge is 0.308 e. The van der Waals surface area contributed by atoms with E-state index in [0.717, 1.165) is 0 Å². The Labute approximate surface area is 308 Å². The first-order valence-electron chi connectivity index (χ1n) is 18.4. The van der Waals surface area contributed by atoms with Crippen molar-refractivity contribution >= 4 is 32.4 Å². The third kappa shape index (κ3) is 4.38. The number of hydrogen-bond donors (Lipinski definition) is 0. The van der Waals surface area contributed by atoms with Crippen molar-refractivity contribution < 1.29 is 0 Å². The van der Waals surface area contributed by atoms with Gasteiger partial charge in [-0.25, -0.2) is 0 Å². The van der Waals surface area contributed by atoms with E-state index in [1.165, 1.54) is 105 Å². The van der Waals surface area contributed by atoms with Crippen molar-refractivity contribution in [2.24, 2.45) is 0 Å². The molecule has 0 radical (unpaired) electrons. The lowest BCUT2D eigenvalue weighted by Crippen LogP contribution is -1.99. The van der Waals surface area contributed by atoms with Crippen LogP contribution in [0.5, 0.6) is 0 Å². The third-order valence-corrected chi connectivity index (χ3v) is 11.1. The Morgan fingerprint density at radius 1 is 0.264 bits per heavy atom. The quantitative estimate of drug-likeness (QED) is 0.172. The Bertz CT molecular complexity index is 2920. The molecule has 0 aliphatic heterocycles. The molecule has 1 aliphatic carbocycles. The third-order valence-electron chi connectivity index (χ3n) is 11.1. The summed E-state index contributed by atoms with van der Waals surface area (Å²) in [5.41, 5.74) is 17.5. The van der Waals surface area contributed by atoms with Crippen molar-refractivity contribution in [3.05, 3.63) is 200 Å². The maximum absolute atomic E-state index is 2.52. The second kappa shape index (κ2) is 11.8. The summed E-state index contributed by atoms with van der Waals surface area (Å²) in [4.78, 5) is 0. The smallest absolute Gasteiger partial charge is 0.0619 e. The van der Waals surface area contributed by atoms with Gasteiger partial charge in [-0.15, -0.1) is 0 Å². The zero-order valence-electron chi connectivity index (χ0n) is 29.0. The zero-order chi connectivity index (χ0) is 34.9. The van der Waals surface area contributed by atoms with Crippen LogP contribution < -0.4 is 0 Å². The lowest BCUT2D eigenvalue weighted by atomic mass is 9.82. The van der Waals surface area contributed by atoms with Gasteiger partial charge in [-0.1, -0.05) is 188 Å². The number of fused-ring (bicyclic) bond motifs is 5. The summed E-state index contributed by atoms with van der Waals surface area (Å²) < 4.78 is 2.52. The van der Waals surface area contributed by atoms with Gasteiger partial charge in [0.05, 0.1) is 16.9 Å². The van der Waals surface area contributed by atoms with E-state index in [-0.39, 0.29) is 0 Å². The maximum Gasteiger partial charge on any atom is 0.0619 e. The van der Waals surface area contributed by atoms with Crippen LogP contribution in [-0.4, -0.2) is 4.57 Å². The second-order valence-corrected chi connectivity index (χ2v) is 13.9. The number of para-hydroxylation sites is 1. The highest BCUT2D eigenvalue weighted by molar-refractivity contribution is 6.28. The summed E-state index contributed by atoms with van der Waals surface area (Å²) in [6.45, 7) is 0. The van der Waals surface area contributed by atoms with Crippen LogP contribution in [0, 0.1) is 0 Å². The molecule has 0 unspecified atom stereocenters. The van der Waals surface area contributed by atoms with Gasteiger partial charge in [0.2, 0.25) is 0 Å². The highest BCUT2D eigenvalue weighted by Gasteiger charge is 2.32. The number of rotatable bonds is 5. The number of nitrogens with zero attached hydrogens (tertiary/aromatic N) is 1. The molecule has 0 fully saturated rings. The number of hydrogen-bond acceptors (Lipinski definition) is 0. The first-order chi connectivity index (χ1) is 26.4. The Morgan fingerprint density at radius 3 is 1.26 bits per heavy atom. The minimum Gasteiger partial charge on any atom is -0.308 e. The fraction of sp³-hybridized carbons (Fsp3) is 0. The molecular formula is C52H33N. The van der Waals surface area contributed by atoms with E-state index in [1.807, 2.05) is 0 Å². The van der Waals surface area contributed by atoms with Gasteiger partial charge in [-0.3, -0.25) is 0 Å². The predicted octanol–water partition coefficient (Wildman–Crippen LogP) is 14.3. The minimum atomic E-state index is 1.18. The molecule has 0 N–H and O–H groups in total. The van der Waals surface area contributed by atoms with Crippen LogP contribution in [0.15, 0.2) is 200 Å². The summed E-state index contributed by atoms with van der Waals surface area (Å²) in [7, 11) is 0. The van der Waals surface area contributed by atoms with Gasteiger partial charge < -0.3 is 4.57 Å². The molecule has 0 bridgehead atoms. The second-order valence-electron chi connectivity index (χ2n) is 13.9. The van der Waals surface area contributed by atoms with Crippen LogP contribution >= 0.6 is 0 Å². The molecule has 1 heterocycles. The van der Waals surface area contributed by atoms with E-state index in [2.05, 4.69) is 205 Å². The van der Waals surface area contributed by atoms with Crippen LogP contribution in [0.25, 0.3) is 105 Å². The molecule has 0 saturated heterocycles. The fourth-order valence-corrected chi connectivity index (χ4v) is 9.05. The molecule has 1 aromatic heterocycles. The van der Waals surface area contributed by atoms with E-state index >= 15 is 0 Å². The Balaban J connectivity index is 1.30. The molecule has 1 aliphatic rings. The molecule has 10 aromatic rings. The predicted molar refractivity (Wildman–Crippen MR) is 224 cm³/mol. The lowest BCUT2D eigenvalue weighted by Gasteiger charge is -2.20. The van der Waals surface area contributed by atoms with Crippen molar-refractivity contribution in [3.63, 3.8) is 0 Å². The van der Waals surface area contributed by atoms with E-state index < -0.39 is 0 Å². The van der Waals surface area contributed by atoms with E-state index in [0.29, 0.717) is 0 Å². The summed E-state index contributed by atoms with van der Waals surface area (Å²) in [5.74, 6) is 0. The monoisotopic (exact) mass is 671 g/mol. The van der Waals surface area contributed by atoms with E-state index in [4.69, 9.17) is 0 Å². The molecule has 0 saturated carbocycles. The van der Waals surface area contributed by atoms with Crippen LogP contribution in [0.4, 0.5) is 0 Å². The summed E-state index contributed by atoms with van der Waals surface area (Å²) in [6, 6.07) is 73.3. The first-order valence-corrected chi connectivity index (χ1v) is 18.4. The Morgan fingerprint density at radius 2 is 0.698 bits per heavy atom. The molecule has 53 heavy (non-hydrogen) atoms. The summed E-state index contributed by atoms with van der Waals surface area (Å²) in [5, 5.41) is 6.35. The SMILES string of the molecule is c1ccc(-c2c3c(c(-c4ccccc4)c4ccccc24)-c2ccc(-n4c(-c5ccccc5)c(-c5ccccc5)c5ccccc54)c4cccc-3c24)cc1. The molecule has 0 atom stereocenters. The number of aromatic nitrogens is 1. The average Bonchev–Trinajstić information content (AvgIpc) is 3.75. The van der Waals surface area contributed by atoms with Gasteiger partial charge in [0.1, 0.15) is 0 Å². The van der Waals surface area contributed by atoms with E-state index in [1.54, 1.807) is 0 Å². The van der Waals surface area contributed by atoms with Crippen LogP contribution in [0.1, 0.15) is 0 Å². The minimum absolute atomic E-state index is 1.18. The fourth-order valence-electron chi connectivity index (χ4n) is 9.05. The normalized spacial score (nSPS) is 11.8. The molecule has 0 spiro atoms. The summed E-state index contributed by atoms with van der Waals surface area (Å²) >= 11 is 0. The standard InChI is InChI=1S/C52H33N/c1-5-18-34(19-6-1)46-38-26-13-14-27-39(38)47(35-20-7-2-8-21-35)51-43-32-33-45(41-29-17-30-42(49(41)43)50(46)51)53-44-31-16-15-28-40(44)48(36-22-9-3-10-23-36)52(53)37-24-11-4-12-25-37/h1-33H. The van der Waals surface area contributed by atoms with Gasteiger partial charge >= 0.3 is 0 Å². The highest BCUT2D eigenvalue weighted by Crippen LogP contribution is 2.58. The van der Waals surface area contributed by atoms with Gasteiger partial charge in [0.25, 0.3) is 0 Å². The van der Waals surface area contributed by atoms with Gasteiger partial charge in [-0.05, 0) is 83.9 Å². The van der Waals surface area contributed by atoms with Crippen LogP contribution in [0.2, 0.25) is 0 Å². The summed E-state index contributed by atoms with van der Waals surface area (Å²) in [6.07, 6.45) is 0. The van der Waals surface area contributed by atoms with Gasteiger partial charge in [0, 0.05) is 16.3 Å². The van der Waals surface area contributed by atoms with E-state index in [9.17, 15) is 0 Å². The molecular weight excluding hydrogens is 639 g/mol. The number of benzene rings is 9. The van der Waals surface area contributed by atoms with Crippen LogP contribution in [-0.2, 0) is 0 Å². The van der Waals surface area contributed by atoms with Gasteiger partial charge in [-0.2, -0.15) is 0 Å². The van der Waals surface area contributed by atoms with Crippen molar-refractivity contribution in [1.82, 2.24) is 4.57 Å². The Kier molecular flexibility index (Phi) is 6.62. The average molecular weight is 672 g/mol. The van der Waals surface area contributed by atoms with Crippen LogP contribution in [0.3, 0.4) is 0 Å². The topological polar surface area (TPSA) is 4.93 Å². The van der Waals surface area contributed by atoms with Crippen molar-refractivity contribution in [3.8, 4) is 72.6 Å². The molecule has 11 rings (SSSR count). The lowest BCUT2D eigenvalue weighted by molar-refractivity contribution is 1.15. The molecule has 9 aromatic carbocycles. The van der Waals surface area contributed by atoms with Gasteiger partial charge in [0.15, 0.2) is 0 Å². The van der Waals surface area contributed by atoms with Crippen molar-refractivity contribution in [1.29, 1.82) is 0 Å². The highest BCUT2D eigenvalue weighted by atomic mass is 15.0. The maximum atomic E-state index is 2.52. The Hall–Kier alpha value is -6.96. The van der Waals surface area contributed by atoms with Crippen molar-refractivity contribution in [2.45, 2.75) is 0 Å². The first kappa shape index (κ1) is 29.7. The molecule has 1 nitrogen and oxygen atoms in total. The molecule has 0 amide bonds.